The molecular formula is C8H6BrF2NO2. The summed E-state index contributed by atoms with van der Waals surface area (Å²) in [6.07, 6.45) is -2.82. The third-order valence-corrected chi connectivity index (χ3v) is 2.32. The smallest absolute Gasteiger partial charge is 0.258 e. The first kappa shape index (κ1) is 11.0. The van der Waals surface area contributed by atoms with Crippen LogP contribution in [0.15, 0.2) is 18.2 Å². The maximum atomic E-state index is 12.4. The molecule has 0 aliphatic carbocycles. The Balaban J connectivity index is 3.35. The van der Waals surface area contributed by atoms with Crippen LogP contribution in [0.3, 0.4) is 0 Å². The second kappa shape index (κ2) is 4.45. The molecule has 0 saturated heterocycles. The summed E-state index contributed by atoms with van der Waals surface area (Å²) in [7, 11) is 0. The minimum Gasteiger partial charge on any atom is -0.258 e. The van der Waals surface area contributed by atoms with Crippen molar-refractivity contribution in [1.29, 1.82) is 0 Å². The van der Waals surface area contributed by atoms with E-state index in [1.165, 1.54) is 12.1 Å². The van der Waals surface area contributed by atoms with Crippen molar-refractivity contribution in [3.63, 3.8) is 0 Å². The molecule has 3 nitrogen and oxygen atoms in total. The highest BCUT2D eigenvalue weighted by atomic mass is 79.9. The lowest BCUT2D eigenvalue weighted by Gasteiger charge is -2.04. The SMILES string of the molecule is O=[N+]([O-])c1c(CBr)cccc1C(F)F. The topological polar surface area (TPSA) is 43.1 Å². The highest BCUT2D eigenvalue weighted by Gasteiger charge is 2.24. The summed E-state index contributed by atoms with van der Waals surface area (Å²) in [5.74, 6) is 0. The fourth-order valence-electron chi connectivity index (χ4n) is 1.12. The van der Waals surface area contributed by atoms with Crippen LogP contribution < -0.4 is 0 Å². The molecule has 0 aromatic heterocycles. The molecule has 14 heavy (non-hydrogen) atoms. The molecule has 0 amide bonds. The monoisotopic (exact) mass is 265 g/mol. The zero-order valence-corrected chi connectivity index (χ0v) is 8.50. The van der Waals surface area contributed by atoms with Crippen LogP contribution in [0.1, 0.15) is 17.6 Å². The predicted octanol–water partition coefficient (Wildman–Crippen LogP) is 3.43. The molecule has 0 unspecified atom stereocenters. The first-order chi connectivity index (χ1) is 6.57. The Morgan fingerprint density at radius 3 is 2.57 bits per heavy atom. The van der Waals surface area contributed by atoms with Gasteiger partial charge in [0.2, 0.25) is 0 Å². The van der Waals surface area contributed by atoms with Crippen molar-refractivity contribution < 1.29 is 13.7 Å². The van der Waals surface area contributed by atoms with Crippen molar-refractivity contribution in [3.05, 3.63) is 39.4 Å². The van der Waals surface area contributed by atoms with Crippen molar-refractivity contribution in [3.8, 4) is 0 Å². The van der Waals surface area contributed by atoms with Gasteiger partial charge in [0.05, 0.1) is 10.5 Å². The molecule has 0 aliphatic rings. The Morgan fingerprint density at radius 1 is 1.50 bits per heavy atom. The van der Waals surface area contributed by atoms with Crippen LogP contribution in [-0.2, 0) is 5.33 Å². The van der Waals surface area contributed by atoms with Gasteiger partial charge in [0.1, 0.15) is 0 Å². The number of nitrogens with zero attached hydrogens (tertiary/aromatic N) is 1. The number of hydrogen-bond acceptors (Lipinski definition) is 2. The molecule has 0 saturated carbocycles. The molecular weight excluding hydrogens is 260 g/mol. The molecule has 0 aliphatic heterocycles. The van der Waals surface area contributed by atoms with Crippen molar-refractivity contribution >= 4 is 21.6 Å². The van der Waals surface area contributed by atoms with Crippen molar-refractivity contribution in [2.75, 3.05) is 0 Å². The molecule has 0 fully saturated rings. The largest absolute Gasteiger partial charge is 0.282 e. The number of para-hydroxylation sites is 1. The van der Waals surface area contributed by atoms with Crippen LogP contribution in [0.2, 0.25) is 0 Å². The van der Waals surface area contributed by atoms with Crippen LogP contribution >= 0.6 is 15.9 Å². The number of nitro groups is 1. The molecule has 76 valence electrons. The van der Waals surface area contributed by atoms with Crippen molar-refractivity contribution in [1.82, 2.24) is 0 Å². The highest BCUT2D eigenvalue weighted by Crippen LogP contribution is 2.32. The van der Waals surface area contributed by atoms with Crippen molar-refractivity contribution in [2.24, 2.45) is 0 Å². The molecule has 0 N–H and O–H groups in total. The van der Waals surface area contributed by atoms with Gasteiger partial charge in [0.25, 0.3) is 12.1 Å². The molecule has 1 aromatic carbocycles. The van der Waals surface area contributed by atoms with Crippen molar-refractivity contribution in [2.45, 2.75) is 11.8 Å². The lowest BCUT2D eigenvalue weighted by molar-refractivity contribution is -0.386. The number of alkyl halides is 3. The van der Waals surface area contributed by atoms with E-state index in [4.69, 9.17) is 0 Å². The number of halogens is 3. The third kappa shape index (κ3) is 2.06. The molecule has 0 bridgehead atoms. The Bertz CT molecular complexity index is 357. The lowest BCUT2D eigenvalue weighted by Crippen LogP contribution is -1.99. The summed E-state index contributed by atoms with van der Waals surface area (Å²) >= 11 is 3.01. The van der Waals surface area contributed by atoms with E-state index in [9.17, 15) is 18.9 Å². The summed E-state index contributed by atoms with van der Waals surface area (Å²) < 4.78 is 24.8. The Hall–Kier alpha value is -1.04. The number of rotatable bonds is 3. The molecule has 1 aromatic rings. The van der Waals surface area contributed by atoms with Gasteiger partial charge in [-0.05, 0) is 6.07 Å². The van der Waals surface area contributed by atoms with Gasteiger partial charge in [-0.2, -0.15) is 0 Å². The Kier molecular flexibility index (Phi) is 3.51. The van der Waals surface area contributed by atoms with Crippen LogP contribution in [0, 0.1) is 10.1 Å². The second-order valence-electron chi connectivity index (χ2n) is 2.55. The van der Waals surface area contributed by atoms with E-state index in [0.29, 0.717) is 0 Å². The van der Waals surface area contributed by atoms with E-state index in [1.54, 1.807) is 0 Å². The summed E-state index contributed by atoms with van der Waals surface area (Å²) in [4.78, 5) is 9.78. The van der Waals surface area contributed by atoms with Gasteiger partial charge in [0, 0.05) is 10.9 Å². The van der Waals surface area contributed by atoms with E-state index < -0.39 is 22.6 Å². The molecule has 0 radical (unpaired) electrons. The molecule has 6 heteroatoms. The Morgan fingerprint density at radius 2 is 2.14 bits per heavy atom. The van der Waals surface area contributed by atoms with Crippen LogP contribution in [-0.4, -0.2) is 4.92 Å². The van der Waals surface area contributed by atoms with E-state index in [1.807, 2.05) is 0 Å². The van der Waals surface area contributed by atoms with E-state index in [0.717, 1.165) is 6.07 Å². The maximum Gasteiger partial charge on any atom is 0.282 e. The normalized spacial score (nSPS) is 10.6. The predicted molar refractivity (Wildman–Crippen MR) is 50.7 cm³/mol. The summed E-state index contributed by atoms with van der Waals surface area (Å²) in [6.45, 7) is 0. The zero-order valence-electron chi connectivity index (χ0n) is 6.91. The van der Waals surface area contributed by atoms with Gasteiger partial charge < -0.3 is 0 Å². The maximum absolute atomic E-state index is 12.4. The first-order valence-corrected chi connectivity index (χ1v) is 4.80. The van der Waals surface area contributed by atoms with Gasteiger partial charge >= 0.3 is 0 Å². The standard InChI is InChI=1S/C8H6BrF2NO2/c9-4-5-2-1-3-6(8(10)11)7(5)12(13)14/h1-3,8H,4H2. The quantitative estimate of drug-likeness (QED) is 0.478. The summed E-state index contributed by atoms with van der Waals surface area (Å²) in [5.41, 5.74) is -0.779. The van der Waals surface area contributed by atoms with E-state index >= 15 is 0 Å². The van der Waals surface area contributed by atoms with Gasteiger partial charge in [-0.3, -0.25) is 10.1 Å². The van der Waals surface area contributed by atoms with Crippen LogP contribution in [0.25, 0.3) is 0 Å². The molecule has 0 atom stereocenters. The van der Waals surface area contributed by atoms with Crippen LogP contribution in [0.4, 0.5) is 14.5 Å². The van der Waals surface area contributed by atoms with Gasteiger partial charge in [0.15, 0.2) is 0 Å². The number of benzene rings is 1. The third-order valence-electron chi connectivity index (χ3n) is 1.71. The highest BCUT2D eigenvalue weighted by molar-refractivity contribution is 9.08. The number of hydrogen-bond donors (Lipinski definition) is 0. The minimum absolute atomic E-state index is 0.184. The van der Waals surface area contributed by atoms with Gasteiger partial charge in [-0.15, -0.1) is 0 Å². The van der Waals surface area contributed by atoms with Gasteiger partial charge in [-0.1, -0.05) is 28.1 Å². The zero-order chi connectivity index (χ0) is 10.7. The average molecular weight is 266 g/mol. The van der Waals surface area contributed by atoms with E-state index in [-0.39, 0.29) is 10.9 Å². The van der Waals surface area contributed by atoms with E-state index in [2.05, 4.69) is 15.9 Å². The first-order valence-electron chi connectivity index (χ1n) is 3.68. The molecule has 0 heterocycles. The molecule has 1 rings (SSSR count). The van der Waals surface area contributed by atoms with Gasteiger partial charge in [-0.25, -0.2) is 8.78 Å². The molecule has 0 spiro atoms. The number of nitro benzene ring substituents is 1. The lowest BCUT2D eigenvalue weighted by atomic mass is 10.1. The summed E-state index contributed by atoms with van der Waals surface area (Å²) in [5, 5.41) is 10.7. The second-order valence-corrected chi connectivity index (χ2v) is 3.11. The van der Waals surface area contributed by atoms with Crippen LogP contribution in [0.5, 0.6) is 0 Å². The minimum atomic E-state index is -2.82. The Labute approximate surface area is 87.0 Å². The fourth-order valence-corrected chi connectivity index (χ4v) is 1.57. The average Bonchev–Trinajstić information content (AvgIpc) is 2.16. The summed E-state index contributed by atoms with van der Waals surface area (Å²) in [6, 6.07) is 3.89. The fraction of sp³-hybridized carbons (Fsp3) is 0.250.